The summed E-state index contributed by atoms with van der Waals surface area (Å²) in [5, 5.41) is 6.45. The van der Waals surface area contributed by atoms with Crippen LogP contribution < -0.4 is 25.7 Å². The Morgan fingerprint density at radius 3 is 1.57 bits per heavy atom. The number of hydrogen-bond donors (Lipinski definition) is 0. The number of fused-ring (bicyclic) bond motifs is 1. The maximum Gasteiger partial charge on any atom is 0.210 e. The summed E-state index contributed by atoms with van der Waals surface area (Å²) < 4.78 is 0. The first-order chi connectivity index (χ1) is 24.2. The Balaban J connectivity index is 1.43. The number of rotatable bonds is 8. The fourth-order valence-corrected chi connectivity index (χ4v) is 9.79. The molecule has 1 fully saturated rings. The molecule has 238 valence electrons. The van der Waals surface area contributed by atoms with Gasteiger partial charge in [-0.25, -0.2) is 0 Å². The average Bonchev–Trinajstić information content (AvgIpc) is 3.56. The molecule has 3 heteroatoms. The van der Waals surface area contributed by atoms with Gasteiger partial charge in [-0.05, 0) is 52.6 Å². The summed E-state index contributed by atoms with van der Waals surface area (Å²) in [6, 6.07) is 66.5. The van der Waals surface area contributed by atoms with E-state index in [-0.39, 0.29) is 12.1 Å². The Labute approximate surface area is 292 Å². The van der Waals surface area contributed by atoms with Crippen LogP contribution in [0.2, 0.25) is 0 Å². The number of hydrogen-bond acceptors (Lipinski definition) is 2. The van der Waals surface area contributed by atoms with Gasteiger partial charge in [0.2, 0.25) is 6.67 Å². The van der Waals surface area contributed by atoms with Gasteiger partial charge in [-0.2, -0.15) is 0 Å². The van der Waals surface area contributed by atoms with Crippen molar-refractivity contribution in [2.24, 2.45) is 0 Å². The van der Waals surface area contributed by atoms with Crippen LogP contribution in [0.5, 0.6) is 0 Å². The first kappa shape index (κ1) is 31.1. The Kier molecular flexibility index (Phi) is 8.73. The first-order valence-corrected chi connectivity index (χ1v) is 18.5. The highest BCUT2D eigenvalue weighted by molar-refractivity contribution is 7.80. The van der Waals surface area contributed by atoms with Crippen molar-refractivity contribution in [3.05, 3.63) is 205 Å². The van der Waals surface area contributed by atoms with E-state index in [1.165, 1.54) is 54.8 Å². The molecule has 0 N–H and O–H groups in total. The first-order valence-electron chi connectivity index (χ1n) is 17.1. The van der Waals surface area contributed by atoms with Crippen LogP contribution in [-0.2, 0) is 0 Å². The number of nitrogens with zero attached hydrogens (tertiary/aromatic N) is 2. The van der Waals surface area contributed by atoms with Crippen molar-refractivity contribution in [1.82, 2.24) is 0 Å². The quantitative estimate of drug-likeness (QED) is 0.151. The zero-order chi connectivity index (χ0) is 33.2. The third kappa shape index (κ3) is 5.92. The van der Waals surface area contributed by atoms with Crippen LogP contribution in [0.25, 0.3) is 10.8 Å². The lowest BCUT2D eigenvalue weighted by Gasteiger charge is -2.33. The molecule has 7 aromatic rings. The molecule has 0 spiro atoms. The van der Waals surface area contributed by atoms with E-state index in [0.717, 1.165) is 0 Å². The van der Waals surface area contributed by atoms with E-state index in [4.69, 9.17) is 0 Å². The second kappa shape index (κ2) is 13.7. The maximum atomic E-state index is 4.08. The Hall–Kier alpha value is -5.17. The van der Waals surface area contributed by atoms with Crippen molar-refractivity contribution in [2.75, 3.05) is 9.80 Å². The lowest BCUT2D eigenvalue weighted by Crippen LogP contribution is -2.30. The molecule has 1 heterocycles. The van der Waals surface area contributed by atoms with Gasteiger partial charge in [-0.15, -0.1) is 0 Å². The summed E-state index contributed by atoms with van der Waals surface area (Å²) >= 11 is 0. The second-order valence-electron chi connectivity index (χ2n) is 12.9. The van der Waals surface area contributed by atoms with Crippen LogP contribution >= 0.6 is 7.92 Å². The Morgan fingerprint density at radius 1 is 0.490 bits per heavy atom. The van der Waals surface area contributed by atoms with Crippen molar-refractivity contribution < 1.29 is 0 Å². The van der Waals surface area contributed by atoms with E-state index >= 15 is 0 Å². The topological polar surface area (TPSA) is 6.48 Å². The lowest BCUT2D eigenvalue weighted by atomic mass is 9.91. The predicted molar refractivity (Wildman–Crippen MR) is 210 cm³/mol. The fourth-order valence-electron chi connectivity index (χ4n) is 7.33. The molecule has 8 rings (SSSR count). The van der Waals surface area contributed by atoms with Gasteiger partial charge in [0, 0.05) is 16.4 Å². The minimum absolute atomic E-state index is 0.0185. The standard InChI is InChI=1S/C46H39N2P/c1-34(2)40-28-17-18-30-42(40)47-33-48(45(37-22-9-4-10-23-37)44(47)36-20-7-3-8-21-36)46-41-29-16-15-19-35(41)31-32-43(46)49(38-24-11-5-12-25-38)39-26-13-6-14-27-39/h3-32,34,44-45H,1-2H3/t44-,45-/m0/s1. The van der Waals surface area contributed by atoms with Gasteiger partial charge in [-0.1, -0.05) is 190 Å². The minimum atomic E-state index is -0.898. The maximum absolute atomic E-state index is 4.08. The van der Waals surface area contributed by atoms with Gasteiger partial charge in [0.1, 0.15) is 0 Å². The van der Waals surface area contributed by atoms with Crippen molar-refractivity contribution in [3.63, 3.8) is 0 Å². The highest BCUT2D eigenvalue weighted by Gasteiger charge is 2.45. The highest BCUT2D eigenvalue weighted by atomic mass is 31.1. The van der Waals surface area contributed by atoms with E-state index < -0.39 is 7.92 Å². The van der Waals surface area contributed by atoms with Gasteiger partial charge in [0.25, 0.3) is 0 Å². The van der Waals surface area contributed by atoms with E-state index in [1.807, 2.05) is 0 Å². The van der Waals surface area contributed by atoms with Gasteiger partial charge >= 0.3 is 0 Å². The smallest absolute Gasteiger partial charge is 0.210 e. The molecule has 0 aromatic heterocycles. The van der Waals surface area contributed by atoms with E-state index in [2.05, 4.69) is 212 Å². The Morgan fingerprint density at radius 2 is 0.980 bits per heavy atom. The monoisotopic (exact) mass is 650 g/mol. The van der Waals surface area contributed by atoms with Crippen LogP contribution in [0.3, 0.4) is 0 Å². The summed E-state index contributed by atoms with van der Waals surface area (Å²) in [5.74, 6) is 0.357. The number of para-hydroxylation sites is 1. The fraction of sp³-hybridized carbons (Fsp3) is 0.109. The molecule has 2 nitrogen and oxygen atoms in total. The summed E-state index contributed by atoms with van der Waals surface area (Å²) in [5.41, 5.74) is 6.26. The molecular formula is C46H39N2P. The highest BCUT2D eigenvalue weighted by Crippen LogP contribution is 2.53. The third-order valence-corrected chi connectivity index (χ3v) is 12.0. The van der Waals surface area contributed by atoms with Gasteiger partial charge in [-0.3, -0.25) is 0 Å². The lowest BCUT2D eigenvalue weighted by molar-refractivity contribution is 0.617. The molecule has 2 radical (unpaired) electrons. The SMILES string of the molecule is CC(C)c1ccccc1N1[C]N(c2c(P(c3ccccc3)c3ccccc3)ccc3ccccc23)[C@@H](c2ccccc2)[C@@H]1c1ccccc1. The molecule has 0 bridgehead atoms. The molecule has 0 saturated carbocycles. The largest absolute Gasteiger partial charge is 0.331 e. The third-order valence-electron chi connectivity index (χ3n) is 9.56. The van der Waals surface area contributed by atoms with Crippen LogP contribution in [-0.4, -0.2) is 0 Å². The van der Waals surface area contributed by atoms with Crippen molar-refractivity contribution in [2.45, 2.75) is 31.8 Å². The van der Waals surface area contributed by atoms with Crippen LogP contribution in [0, 0.1) is 6.67 Å². The zero-order valence-corrected chi connectivity index (χ0v) is 28.8. The molecular weight excluding hydrogens is 611 g/mol. The number of benzene rings is 7. The van der Waals surface area contributed by atoms with E-state index in [0.29, 0.717) is 5.92 Å². The number of anilines is 2. The van der Waals surface area contributed by atoms with E-state index in [1.54, 1.807) is 0 Å². The average molecular weight is 651 g/mol. The van der Waals surface area contributed by atoms with Crippen molar-refractivity contribution in [3.8, 4) is 0 Å². The molecule has 49 heavy (non-hydrogen) atoms. The van der Waals surface area contributed by atoms with Gasteiger partial charge in [0.05, 0.1) is 17.8 Å². The normalized spacial score (nSPS) is 16.2. The molecule has 1 saturated heterocycles. The molecule has 1 aliphatic heterocycles. The molecule has 0 aliphatic carbocycles. The second-order valence-corrected chi connectivity index (χ2v) is 15.1. The van der Waals surface area contributed by atoms with Crippen LogP contribution in [0.15, 0.2) is 182 Å². The molecule has 1 aliphatic rings. The minimum Gasteiger partial charge on any atom is -0.331 e. The summed E-state index contributed by atoms with van der Waals surface area (Å²) in [7, 11) is -0.898. The van der Waals surface area contributed by atoms with Crippen molar-refractivity contribution in [1.29, 1.82) is 0 Å². The van der Waals surface area contributed by atoms with Gasteiger partial charge < -0.3 is 9.80 Å². The summed E-state index contributed by atoms with van der Waals surface area (Å²) in [6.07, 6.45) is 0. The Bertz CT molecular complexity index is 2110. The molecule has 0 amide bonds. The predicted octanol–water partition coefficient (Wildman–Crippen LogP) is 10.5. The molecule has 7 aromatic carbocycles. The van der Waals surface area contributed by atoms with Crippen LogP contribution in [0.4, 0.5) is 11.4 Å². The zero-order valence-electron chi connectivity index (χ0n) is 27.9. The van der Waals surface area contributed by atoms with Gasteiger partial charge in [0.15, 0.2) is 0 Å². The van der Waals surface area contributed by atoms with Crippen LogP contribution in [0.1, 0.15) is 48.5 Å². The van der Waals surface area contributed by atoms with E-state index in [9.17, 15) is 0 Å². The molecule has 2 atom stereocenters. The summed E-state index contributed by atoms with van der Waals surface area (Å²) in [6.45, 7) is 8.66. The van der Waals surface area contributed by atoms with Crippen molar-refractivity contribution >= 4 is 46.0 Å². The summed E-state index contributed by atoms with van der Waals surface area (Å²) in [4.78, 5) is 4.92. The molecule has 0 unspecified atom stereocenters.